The molecule has 0 aliphatic carbocycles. The van der Waals surface area contributed by atoms with E-state index in [4.69, 9.17) is 11.6 Å². The first-order valence-electron chi connectivity index (χ1n) is 5.49. The van der Waals surface area contributed by atoms with E-state index in [0.717, 1.165) is 5.56 Å². The highest BCUT2D eigenvalue weighted by Gasteiger charge is 2.05. The topological polar surface area (TPSA) is 57.8 Å². The highest BCUT2D eigenvalue weighted by molar-refractivity contribution is 9.10. The molecule has 0 saturated heterocycles. The Balaban J connectivity index is 1.98. The summed E-state index contributed by atoms with van der Waals surface area (Å²) in [4.78, 5) is 11.2. The molecule has 0 spiro atoms. The standard InChI is InChI=1S/C12H10BrClFN3O/c13-8-5-7(1-2-9(8)15)3-4-16-10-6-17-18-12(19)11(10)14/h1-2,5-6H,3-4H2,(H2,16,18,19). The lowest BCUT2D eigenvalue weighted by atomic mass is 10.1. The van der Waals surface area contributed by atoms with Gasteiger partial charge in [0.05, 0.1) is 16.4 Å². The Morgan fingerprint density at radius 1 is 1.47 bits per heavy atom. The maximum Gasteiger partial charge on any atom is 0.285 e. The maximum absolute atomic E-state index is 13.1. The quantitative estimate of drug-likeness (QED) is 0.895. The molecule has 2 aromatic rings. The smallest absolute Gasteiger partial charge is 0.285 e. The molecule has 4 nitrogen and oxygen atoms in total. The zero-order chi connectivity index (χ0) is 13.8. The van der Waals surface area contributed by atoms with Crippen LogP contribution in [0.5, 0.6) is 0 Å². The Kier molecular flexibility index (Phi) is 4.55. The summed E-state index contributed by atoms with van der Waals surface area (Å²) in [6, 6.07) is 4.83. The second-order valence-electron chi connectivity index (χ2n) is 3.85. The van der Waals surface area contributed by atoms with E-state index in [-0.39, 0.29) is 10.8 Å². The zero-order valence-corrected chi connectivity index (χ0v) is 12.1. The highest BCUT2D eigenvalue weighted by atomic mass is 79.9. The predicted octanol–water partition coefficient (Wildman–Crippen LogP) is 2.98. The minimum Gasteiger partial charge on any atom is -0.382 e. The third kappa shape index (κ3) is 3.54. The number of rotatable bonds is 4. The summed E-state index contributed by atoms with van der Waals surface area (Å²) in [6.45, 7) is 0.558. The summed E-state index contributed by atoms with van der Waals surface area (Å²) in [6.07, 6.45) is 2.12. The molecule has 19 heavy (non-hydrogen) atoms. The summed E-state index contributed by atoms with van der Waals surface area (Å²) < 4.78 is 13.5. The van der Waals surface area contributed by atoms with Gasteiger partial charge in [-0.1, -0.05) is 17.7 Å². The number of aromatic nitrogens is 2. The molecule has 1 aromatic carbocycles. The molecule has 0 bridgehead atoms. The molecule has 7 heteroatoms. The fraction of sp³-hybridized carbons (Fsp3) is 0.167. The average Bonchev–Trinajstić information content (AvgIpc) is 2.39. The van der Waals surface area contributed by atoms with Crippen LogP contribution in [0.3, 0.4) is 0 Å². The van der Waals surface area contributed by atoms with Crippen LogP contribution >= 0.6 is 27.5 Å². The number of benzene rings is 1. The molecule has 0 radical (unpaired) electrons. The molecule has 0 amide bonds. The fourth-order valence-corrected chi connectivity index (χ4v) is 2.13. The first-order valence-corrected chi connectivity index (χ1v) is 6.66. The minimum absolute atomic E-state index is 0.0790. The largest absolute Gasteiger partial charge is 0.382 e. The van der Waals surface area contributed by atoms with Crippen LogP contribution in [0.4, 0.5) is 10.1 Å². The number of aromatic amines is 1. The van der Waals surface area contributed by atoms with Crippen LogP contribution in [0.25, 0.3) is 0 Å². The van der Waals surface area contributed by atoms with Crippen LogP contribution in [-0.4, -0.2) is 16.7 Å². The highest BCUT2D eigenvalue weighted by Crippen LogP contribution is 2.18. The summed E-state index contributed by atoms with van der Waals surface area (Å²) >= 11 is 8.95. The first-order chi connectivity index (χ1) is 9.08. The van der Waals surface area contributed by atoms with Gasteiger partial charge in [0.1, 0.15) is 10.8 Å². The third-order valence-electron chi connectivity index (χ3n) is 2.51. The Labute approximate surface area is 122 Å². The van der Waals surface area contributed by atoms with E-state index < -0.39 is 5.56 Å². The van der Waals surface area contributed by atoms with E-state index in [9.17, 15) is 9.18 Å². The molecule has 0 fully saturated rings. The van der Waals surface area contributed by atoms with Gasteiger partial charge < -0.3 is 5.32 Å². The molecule has 100 valence electrons. The van der Waals surface area contributed by atoms with Gasteiger partial charge in [0.15, 0.2) is 0 Å². The second kappa shape index (κ2) is 6.16. The molecule has 0 aliphatic rings. The van der Waals surface area contributed by atoms with Gasteiger partial charge in [-0.2, -0.15) is 5.10 Å². The van der Waals surface area contributed by atoms with Gasteiger partial charge in [0.2, 0.25) is 0 Å². The Hall–Kier alpha value is -1.40. The molecular formula is C12H10BrClFN3O. The Morgan fingerprint density at radius 2 is 2.26 bits per heavy atom. The molecule has 0 atom stereocenters. The predicted molar refractivity (Wildman–Crippen MR) is 76.2 cm³/mol. The van der Waals surface area contributed by atoms with Crippen molar-refractivity contribution in [3.05, 3.63) is 55.6 Å². The number of halogens is 3. The lowest BCUT2D eigenvalue weighted by molar-refractivity contribution is 0.620. The van der Waals surface area contributed by atoms with Crippen molar-refractivity contribution in [3.8, 4) is 0 Å². The molecule has 2 N–H and O–H groups in total. The van der Waals surface area contributed by atoms with E-state index >= 15 is 0 Å². The van der Waals surface area contributed by atoms with Crippen molar-refractivity contribution in [2.75, 3.05) is 11.9 Å². The van der Waals surface area contributed by atoms with Gasteiger partial charge >= 0.3 is 0 Å². The van der Waals surface area contributed by atoms with Crippen LogP contribution in [0.2, 0.25) is 5.02 Å². The Bertz CT molecular complexity index is 647. The zero-order valence-electron chi connectivity index (χ0n) is 9.71. The number of H-pyrrole nitrogens is 1. The molecule has 1 heterocycles. The van der Waals surface area contributed by atoms with E-state index in [1.54, 1.807) is 12.1 Å². The van der Waals surface area contributed by atoms with Crippen molar-refractivity contribution >= 4 is 33.2 Å². The average molecular weight is 347 g/mol. The van der Waals surface area contributed by atoms with Crippen molar-refractivity contribution < 1.29 is 4.39 Å². The van der Waals surface area contributed by atoms with Crippen molar-refractivity contribution in [3.63, 3.8) is 0 Å². The monoisotopic (exact) mass is 345 g/mol. The van der Waals surface area contributed by atoms with Gasteiger partial charge in [-0.3, -0.25) is 4.79 Å². The lowest BCUT2D eigenvalue weighted by Gasteiger charge is -2.07. The first kappa shape index (κ1) is 14.0. The maximum atomic E-state index is 13.1. The van der Waals surface area contributed by atoms with Crippen LogP contribution < -0.4 is 10.9 Å². The molecule has 0 aliphatic heterocycles. The number of nitrogens with one attached hydrogen (secondary N) is 2. The van der Waals surface area contributed by atoms with Gasteiger partial charge in [-0.15, -0.1) is 0 Å². The minimum atomic E-state index is -0.434. The summed E-state index contributed by atoms with van der Waals surface area (Å²) in [5.41, 5.74) is 1.01. The summed E-state index contributed by atoms with van der Waals surface area (Å²) in [5.74, 6) is -0.293. The summed E-state index contributed by atoms with van der Waals surface area (Å²) in [5, 5.41) is 8.98. The van der Waals surface area contributed by atoms with Gasteiger partial charge in [-0.25, -0.2) is 9.49 Å². The van der Waals surface area contributed by atoms with Crippen molar-refractivity contribution in [2.45, 2.75) is 6.42 Å². The number of anilines is 1. The van der Waals surface area contributed by atoms with Crippen molar-refractivity contribution in [2.24, 2.45) is 0 Å². The molecule has 2 rings (SSSR count). The van der Waals surface area contributed by atoms with Crippen LogP contribution in [0.1, 0.15) is 5.56 Å². The van der Waals surface area contributed by atoms with E-state index in [0.29, 0.717) is 23.1 Å². The molecular weight excluding hydrogens is 337 g/mol. The summed E-state index contributed by atoms with van der Waals surface area (Å²) in [7, 11) is 0. The Morgan fingerprint density at radius 3 is 3.00 bits per heavy atom. The number of hydrogen-bond acceptors (Lipinski definition) is 3. The fourth-order valence-electron chi connectivity index (χ4n) is 1.54. The third-order valence-corrected chi connectivity index (χ3v) is 3.49. The van der Waals surface area contributed by atoms with E-state index in [2.05, 4.69) is 31.4 Å². The van der Waals surface area contributed by atoms with Crippen LogP contribution in [-0.2, 0) is 6.42 Å². The van der Waals surface area contributed by atoms with Crippen molar-refractivity contribution in [1.82, 2.24) is 10.2 Å². The SMILES string of the molecule is O=c1[nH]ncc(NCCc2ccc(F)c(Br)c2)c1Cl. The van der Waals surface area contributed by atoms with Gasteiger partial charge in [-0.05, 0) is 40.0 Å². The lowest BCUT2D eigenvalue weighted by Crippen LogP contribution is -2.13. The number of nitrogens with zero attached hydrogens (tertiary/aromatic N) is 1. The second-order valence-corrected chi connectivity index (χ2v) is 5.08. The molecule has 0 saturated carbocycles. The van der Waals surface area contributed by atoms with Gasteiger partial charge in [0.25, 0.3) is 5.56 Å². The van der Waals surface area contributed by atoms with E-state index in [1.165, 1.54) is 12.3 Å². The van der Waals surface area contributed by atoms with Gasteiger partial charge in [0, 0.05) is 6.54 Å². The molecule has 0 unspecified atom stereocenters. The van der Waals surface area contributed by atoms with Crippen LogP contribution in [0.15, 0.2) is 33.7 Å². The number of hydrogen-bond donors (Lipinski definition) is 2. The van der Waals surface area contributed by atoms with E-state index in [1.807, 2.05) is 0 Å². The van der Waals surface area contributed by atoms with Crippen molar-refractivity contribution in [1.29, 1.82) is 0 Å². The molecule has 1 aromatic heterocycles. The normalized spacial score (nSPS) is 10.5. The van der Waals surface area contributed by atoms with Crippen LogP contribution in [0, 0.1) is 5.82 Å².